The first-order valence-electron chi connectivity index (χ1n) is 6.68. The molecule has 94 valence electrons. The van der Waals surface area contributed by atoms with Crippen molar-refractivity contribution in [3.05, 3.63) is 60.0 Å². The van der Waals surface area contributed by atoms with Crippen LogP contribution in [0.4, 0.5) is 5.69 Å². The first-order valence-corrected chi connectivity index (χ1v) is 6.68. The molecule has 1 atom stereocenters. The van der Waals surface area contributed by atoms with Crippen molar-refractivity contribution in [2.24, 2.45) is 0 Å². The van der Waals surface area contributed by atoms with Crippen LogP contribution in [0.5, 0.6) is 0 Å². The molecule has 4 rings (SSSR count). The van der Waals surface area contributed by atoms with E-state index in [1.54, 1.807) is 0 Å². The van der Waals surface area contributed by atoms with Crippen LogP contribution in [0.3, 0.4) is 0 Å². The predicted octanol–water partition coefficient (Wildman–Crippen LogP) is 3.66. The highest BCUT2D eigenvalue weighted by Crippen LogP contribution is 2.32. The number of anilines is 1. The van der Waals surface area contributed by atoms with Crippen LogP contribution in [0.15, 0.2) is 48.8 Å². The van der Waals surface area contributed by atoms with Crippen molar-refractivity contribution in [2.45, 2.75) is 18.9 Å². The monoisotopic (exact) mass is 249 g/mol. The van der Waals surface area contributed by atoms with Crippen molar-refractivity contribution >= 4 is 16.6 Å². The molecule has 3 aromatic rings. The number of hydrogen-bond acceptors (Lipinski definition) is 2. The quantitative estimate of drug-likeness (QED) is 0.727. The smallest absolute Gasteiger partial charge is 0.0691 e. The van der Waals surface area contributed by atoms with E-state index >= 15 is 0 Å². The number of nitrogens with zero attached hydrogens (tertiary/aromatic N) is 1. The number of benzene rings is 1. The number of rotatable bonds is 2. The topological polar surface area (TPSA) is 40.7 Å². The van der Waals surface area contributed by atoms with E-state index in [2.05, 4.69) is 45.6 Å². The van der Waals surface area contributed by atoms with E-state index in [0.29, 0.717) is 6.04 Å². The van der Waals surface area contributed by atoms with Gasteiger partial charge in [0.05, 0.1) is 11.7 Å². The number of aromatic nitrogens is 2. The van der Waals surface area contributed by atoms with Crippen molar-refractivity contribution in [3.63, 3.8) is 0 Å². The van der Waals surface area contributed by atoms with E-state index in [1.807, 2.05) is 18.5 Å². The van der Waals surface area contributed by atoms with Crippen LogP contribution < -0.4 is 5.32 Å². The fourth-order valence-corrected chi connectivity index (χ4v) is 2.90. The second-order valence-corrected chi connectivity index (χ2v) is 5.06. The molecule has 2 heterocycles. The maximum atomic E-state index is 4.52. The SMILES string of the molecule is c1cnc2c(c1)CCC2Nc1ccc2[nH]ccc2c1. The van der Waals surface area contributed by atoms with Gasteiger partial charge in [0.15, 0.2) is 0 Å². The van der Waals surface area contributed by atoms with Gasteiger partial charge in [0.2, 0.25) is 0 Å². The van der Waals surface area contributed by atoms with Gasteiger partial charge >= 0.3 is 0 Å². The lowest BCUT2D eigenvalue weighted by Crippen LogP contribution is -2.08. The molecule has 2 aromatic heterocycles. The molecule has 2 N–H and O–H groups in total. The maximum Gasteiger partial charge on any atom is 0.0691 e. The predicted molar refractivity (Wildman–Crippen MR) is 77.2 cm³/mol. The lowest BCUT2D eigenvalue weighted by Gasteiger charge is -2.14. The van der Waals surface area contributed by atoms with Gasteiger partial charge in [0, 0.05) is 29.0 Å². The summed E-state index contributed by atoms with van der Waals surface area (Å²) in [6.45, 7) is 0. The van der Waals surface area contributed by atoms with Crippen LogP contribution in [0.1, 0.15) is 23.7 Å². The zero-order valence-corrected chi connectivity index (χ0v) is 10.6. The number of aromatic amines is 1. The molecule has 1 unspecified atom stereocenters. The summed E-state index contributed by atoms with van der Waals surface area (Å²) in [7, 11) is 0. The molecule has 0 fully saturated rings. The van der Waals surface area contributed by atoms with Gasteiger partial charge in [0.1, 0.15) is 0 Å². The molecule has 0 bridgehead atoms. The first kappa shape index (κ1) is 10.6. The number of pyridine rings is 1. The average molecular weight is 249 g/mol. The first-order chi connectivity index (χ1) is 9.40. The Balaban J connectivity index is 1.65. The Bertz CT molecular complexity index is 729. The zero-order chi connectivity index (χ0) is 12.7. The third-order valence-corrected chi connectivity index (χ3v) is 3.85. The molecule has 0 amide bonds. The van der Waals surface area contributed by atoms with E-state index in [0.717, 1.165) is 18.5 Å². The highest BCUT2D eigenvalue weighted by Gasteiger charge is 2.23. The molecule has 0 radical (unpaired) electrons. The highest BCUT2D eigenvalue weighted by molar-refractivity contribution is 5.83. The fourth-order valence-electron chi connectivity index (χ4n) is 2.90. The summed E-state index contributed by atoms with van der Waals surface area (Å²) in [6, 6.07) is 13.1. The van der Waals surface area contributed by atoms with Crippen LogP contribution in [0.25, 0.3) is 10.9 Å². The van der Waals surface area contributed by atoms with Crippen molar-refractivity contribution in [1.29, 1.82) is 0 Å². The molecule has 3 heteroatoms. The molecule has 0 saturated carbocycles. The molecule has 19 heavy (non-hydrogen) atoms. The van der Waals surface area contributed by atoms with E-state index in [-0.39, 0.29) is 0 Å². The minimum Gasteiger partial charge on any atom is -0.377 e. The fraction of sp³-hybridized carbons (Fsp3) is 0.188. The number of aryl methyl sites for hydroxylation is 1. The number of H-pyrrole nitrogens is 1. The van der Waals surface area contributed by atoms with Gasteiger partial charge in [-0.1, -0.05) is 6.07 Å². The molecule has 1 aliphatic rings. The normalized spacial score (nSPS) is 17.6. The number of nitrogens with one attached hydrogen (secondary N) is 2. The van der Waals surface area contributed by atoms with Crippen LogP contribution in [-0.2, 0) is 6.42 Å². The Hall–Kier alpha value is -2.29. The number of hydrogen-bond donors (Lipinski definition) is 2. The van der Waals surface area contributed by atoms with Crippen molar-refractivity contribution in [2.75, 3.05) is 5.32 Å². The van der Waals surface area contributed by atoms with Gasteiger partial charge in [-0.05, 0) is 48.7 Å². The van der Waals surface area contributed by atoms with Crippen molar-refractivity contribution in [3.8, 4) is 0 Å². The Morgan fingerprint density at radius 1 is 1.21 bits per heavy atom. The molecule has 3 nitrogen and oxygen atoms in total. The lowest BCUT2D eigenvalue weighted by molar-refractivity contribution is 0.746. The summed E-state index contributed by atoms with van der Waals surface area (Å²) < 4.78 is 0. The van der Waals surface area contributed by atoms with Crippen molar-refractivity contribution in [1.82, 2.24) is 9.97 Å². The second-order valence-electron chi connectivity index (χ2n) is 5.06. The largest absolute Gasteiger partial charge is 0.377 e. The lowest BCUT2D eigenvalue weighted by atomic mass is 10.2. The van der Waals surface area contributed by atoms with E-state index in [9.17, 15) is 0 Å². The van der Waals surface area contributed by atoms with Crippen LogP contribution in [-0.4, -0.2) is 9.97 Å². The van der Waals surface area contributed by atoms with Gasteiger partial charge in [-0.15, -0.1) is 0 Å². The molecular formula is C16H15N3. The van der Waals surface area contributed by atoms with E-state index in [4.69, 9.17) is 0 Å². The highest BCUT2D eigenvalue weighted by atomic mass is 15.0. The summed E-state index contributed by atoms with van der Waals surface area (Å²) in [5.74, 6) is 0. The minimum atomic E-state index is 0.340. The van der Waals surface area contributed by atoms with Gasteiger partial charge in [-0.3, -0.25) is 4.98 Å². The third-order valence-electron chi connectivity index (χ3n) is 3.85. The van der Waals surface area contributed by atoms with Crippen LogP contribution in [0.2, 0.25) is 0 Å². The molecule has 0 aliphatic heterocycles. The minimum absolute atomic E-state index is 0.340. The zero-order valence-electron chi connectivity index (χ0n) is 10.6. The van der Waals surface area contributed by atoms with Gasteiger partial charge in [-0.25, -0.2) is 0 Å². The Morgan fingerprint density at radius 3 is 3.21 bits per heavy atom. The molecular weight excluding hydrogens is 234 g/mol. The summed E-state index contributed by atoms with van der Waals surface area (Å²) in [5.41, 5.74) is 4.92. The average Bonchev–Trinajstić information content (AvgIpc) is 3.06. The Labute approximate surface area is 111 Å². The molecule has 1 aliphatic carbocycles. The second kappa shape index (κ2) is 4.12. The third kappa shape index (κ3) is 1.78. The van der Waals surface area contributed by atoms with Crippen molar-refractivity contribution < 1.29 is 0 Å². The number of fused-ring (bicyclic) bond motifs is 2. The van der Waals surface area contributed by atoms with Crippen LogP contribution >= 0.6 is 0 Å². The molecule has 0 saturated heterocycles. The molecule has 1 aromatic carbocycles. The maximum absolute atomic E-state index is 4.52. The summed E-state index contributed by atoms with van der Waals surface area (Å²) in [6.07, 6.45) is 6.10. The standard InChI is InChI=1S/C16H15N3/c1-2-11-3-5-15(16(11)18-8-1)19-13-4-6-14-12(10-13)7-9-17-14/h1-2,4,6-10,15,17,19H,3,5H2. The van der Waals surface area contributed by atoms with E-state index < -0.39 is 0 Å². The summed E-state index contributed by atoms with van der Waals surface area (Å²) >= 11 is 0. The Morgan fingerprint density at radius 2 is 2.21 bits per heavy atom. The Kier molecular flexibility index (Phi) is 2.30. The van der Waals surface area contributed by atoms with Gasteiger partial charge < -0.3 is 10.3 Å². The molecule has 0 spiro atoms. The van der Waals surface area contributed by atoms with E-state index in [1.165, 1.54) is 22.2 Å². The summed E-state index contributed by atoms with van der Waals surface area (Å²) in [4.78, 5) is 7.74. The van der Waals surface area contributed by atoms with Gasteiger partial charge in [0.25, 0.3) is 0 Å². The van der Waals surface area contributed by atoms with Crippen LogP contribution in [0, 0.1) is 0 Å². The summed E-state index contributed by atoms with van der Waals surface area (Å²) in [5, 5.41) is 4.84. The van der Waals surface area contributed by atoms with Gasteiger partial charge in [-0.2, -0.15) is 0 Å².